The monoisotopic (exact) mass is 839 g/mol. The van der Waals surface area contributed by atoms with E-state index in [2.05, 4.69) is 254 Å². The topological polar surface area (TPSA) is 16.4 Å². The summed E-state index contributed by atoms with van der Waals surface area (Å²) in [7, 11) is 0. The number of rotatable bonds is 7. The number of fused-ring (bicyclic) bond motifs is 8. The molecule has 0 N–H and O–H groups in total. The van der Waals surface area contributed by atoms with Crippen molar-refractivity contribution in [1.82, 2.24) is 0 Å². The fraction of sp³-hybridized carbons (Fsp3) is 0. The molecular formula is C64H41NO. The number of hydrogen-bond donors (Lipinski definition) is 0. The molecule has 0 aliphatic rings. The molecule has 13 aromatic rings. The zero-order chi connectivity index (χ0) is 43.6. The first-order valence-corrected chi connectivity index (χ1v) is 22.7. The molecule has 308 valence electrons. The van der Waals surface area contributed by atoms with Crippen LogP contribution >= 0.6 is 0 Å². The molecule has 0 spiro atoms. The third kappa shape index (κ3) is 6.34. The third-order valence-corrected chi connectivity index (χ3v) is 13.4. The summed E-state index contributed by atoms with van der Waals surface area (Å²) < 4.78 is 7.26. The predicted octanol–water partition coefficient (Wildman–Crippen LogP) is 18.3. The summed E-state index contributed by atoms with van der Waals surface area (Å²) in [5.74, 6) is 0. The average Bonchev–Trinajstić information content (AvgIpc) is 3.79. The van der Waals surface area contributed by atoms with E-state index >= 15 is 0 Å². The van der Waals surface area contributed by atoms with Crippen LogP contribution in [0.3, 0.4) is 0 Å². The minimum Gasteiger partial charge on any atom is -0.453 e. The first-order valence-electron chi connectivity index (χ1n) is 22.7. The smallest absolute Gasteiger partial charge is 0.159 e. The van der Waals surface area contributed by atoms with E-state index in [-0.39, 0.29) is 0 Å². The number of anilines is 3. The van der Waals surface area contributed by atoms with Gasteiger partial charge >= 0.3 is 0 Å². The lowest BCUT2D eigenvalue weighted by molar-refractivity contribution is 0.670. The van der Waals surface area contributed by atoms with Crippen LogP contribution in [0.15, 0.2) is 253 Å². The van der Waals surface area contributed by atoms with E-state index in [0.29, 0.717) is 0 Å². The van der Waals surface area contributed by atoms with Gasteiger partial charge in [-0.25, -0.2) is 0 Å². The maximum atomic E-state index is 7.26. The summed E-state index contributed by atoms with van der Waals surface area (Å²) >= 11 is 0. The van der Waals surface area contributed by atoms with Crippen LogP contribution in [0.5, 0.6) is 0 Å². The van der Waals surface area contributed by atoms with E-state index in [4.69, 9.17) is 4.42 Å². The largest absolute Gasteiger partial charge is 0.453 e. The third-order valence-electron chi connectivity index (χ3n) is 13.4. The maximum Gasteiger partial charge on any atom is 0.159 e. The highest BCUT2D eigenvalue weighted by Crippen LogP contribution is 2.49. The minimum absolute atomic E-state index is 0.843. The molecule has 66 heavy (non-hydrogen) atoms. The molecule has 0 fully saturated rings. The number of benzene rings is 12. The standard InChI is InChI=1S/C64H41NO/c1-2-15-45(16-3-1)59-41-52-19-7-9-22-55(52)62-58-25-13-27-61(63(58)66-64(59)62)65(60-26-11-10-23-57(60)56-24-12-20-44-17-6-8-21-54(44)56)53-36-34-43(35-37-53)47-30-31-50-40-51(33-32-49(50)39-47)48-29-28-42-14-4-5-18-46(42)38-48/h1-41H. The Morgan fingerprint density at radius 1 is 0.258 bits per heavy atom. The molecular weight excluding hydrogens is 799 g/mol. The van der Waals surface area contributed by atoms with Crippen molar-refractivity contribution in [3.63, 3.8) is 0 Å². The second-order valence-corrected chi connectivity index (χ2v) is 17.2. The Morgan fingerprint density at radius 2 is 0.773 bits per heavy atom. The lowest BCUT2D eigenvalue weighted by atomic mass is 9.95. The Bertz CT molecular complexity index is 3990. The Morgan fingerprint density at radius 3 is 1.55 bits per heavy atom. The molecule has 1 heterocycles. The molecule has 0 radical (unpaired) electrons. The van der Waals surface area contributed by atoms with E-state index in [0.717, 1.165) is 61.3 Å². The van der Waals surface area contributed by atoms with E-state index in [9.17, 15) is 0 Å². The van der Waals surface area contributed by atoms with Gasteiger partial charge < -0.3 is 9.32 Å². The number of hydrogen-bond acceptors (Lipinski definition) is 2. The van der Waals surface area contributed by atoms with Gasteiger partial charge in [0.15, 0.2) is 5.58 Å². The Labute approximate surface area is 382 Å². The van der Waals surface area contributed by atoms with Crippen LogP contribution in [0, 0.1) is 0 Å². The Balaban J connectivity index is 0.973. The van der Waals surface area contributed by atoms with Crippen LogP contribution in [0.1, 0.15) is 0 Å². The number of furan rings is 1. The fourth-order valence-electron chi connectivity index (χ4n) is 10.2. The molecule has 0 bridgehead atoms. The van der Waals surface area contributed by atoms with Crippen LogP contribution in [0.25, 0.3) is 110 Å². The second-order valence-electron chi connectivity index (χ2n) is 17.2. The van der Waals surface area contributed by atoms with Crippen LogP contribution < -0.4 is 4.90 Å². The van der Waals surface area contributed by atoms with Gasteiger partial charge in [-0.2, -0.15) is 0 Å². The van der Waals surface area contributed by atoms with E-state index in [1.54, 1.807) is 0 Å². The quantitative estimate of drug-likeness (QED) is 0.159. The van der Waals surface area contributed by atoms with Crippen molar-refractivity contribution in [2.24, 2.45) is 0 Å². The van der Waals surface area contributed by atoms with Crippen LogP contribution in [-0.2, 0) is 0 Å². The van der Waals surface area contributed by atoms with Gasteiger partial charge in [0.25, 0.3) is 0 Å². The minimum atomic E-state index is 0.843. The van der Waals surface area contributed by atoms with Crippen LogP contribution in [0.2, 0.25) is 0 Å². The van der Waals surface area contributed by atoms with Gasteiger partial charge in [-0.05, 0) is 125 Å². The van der Waals surface area contributed by atoms with Gasteiger partial charge in [-0.15, -0.1) is 0 Å². The maximum absolute atomic E-state index is 7.26. The molecule has 2 nitrogen and oxygen atoms in total. The van der Waals surface area contributed by atoms with Crippen molar-refractivity contribution in [1.29, 1.82) is 0 Å². The average molecular weight is 840 g/mol. The summed E-state index contributed by atoms with van der Waals surface area (Å²) in [6.07, 6.45) is 0. The van der Waals surface area contributed by atoms with Crippen molar-refractivity contribution in [3.05, 3.63) is 249 Å². The van der Waals surface area contributed by atoms with Gasteiger partial charge in [0.1, 0.15) is 5.58 Å². The van der Waals surface area contributed by atoms with Crippen molar-refractivity contribution in [3.8, 4) is 44.5 Å². The highest BCUT2D eigenvalue weighted by Gasteiger charge is 2.24. The van der Waals surface area contributed by atoms with E-state index in [1.165, 1.54) is 65.3 Å². The summed E-state index contributed by atoms with van der Waals surface area (Å²) in [6.45, 7) is 0. The van der Waals surface area contributed by atoms with Crippen molar-refractivity contribution < 1.29 is 4.42 Å². The molecule has 1 aromatic heterocycles. The first-order chi connectivity index (χ1) is 32.7. The normalized spacial score (nSPS) is 11.6. The van der Waals surface area contributed by atoms with Gasteiger partial charge in [-0.1, -0.05) is 200 Å². The van der Waals surface area contributed by atoms with Crippen LogP contribution in [0.4, 0.5) is 17.1 Å². The molecule has 0 amide bonds. The number of nitrogens with zero attached hydrogens (tertiary/aromatic N) is 1. The molecule has 2 heteroatoms. The van der Waals surface area contributed by atoms with E-state index < -0.39 is 0 Å². The van der Waals surface area contributed by atoms with Gasteiger partial charge in [-0.3, -0.25) is 0 Å². The van der Waals surface area contributed by atoms with Crippen molar-refractivity contribution in [2.45, 2.75) is 0 Å². The molecule has 0 atom stereocenters. The lowest BCUT2D eigenvalue weighted by Gasteiger charge is -2.28. The van der Waals surface area contributed by atoms with Gasteiger partial charge in [0, 0.05) is 27.6 Å². The number of para-hydroxylation sites is 2. The van der Waals surface area contributed by atoms with Gasteiger partial charge in [0.2, 0.25) is 0 Å². The highest BCUT2D eigenvalue weighted by molar-refractivity contribution is 6.24. The summed E-state index contributed by atoms with van der Waals surface area (Å²) in [5, 5.41) is 11.9. The predicted molar refractivity (Wildman–Crippen MR) is 280 cm³/mol. The van der Waals surface area contributed by atoms with Crippen LogP contribution in [-0.4, -0.2) is 0 Å². The van der Waals surface area contributed by atoms with Gasteiger partial charge in [0.05, 0.1) is 11.4 Å². The molecule has 0 aliphatic carbocycles. The summed E-state index contributed by atoms with van der Waals surface area (Å²) in [6, 6.07) is 90.1. The van der Waals surface area contributed by atoms with Crippen molar-refractivity contribution >= 4 is 82.1 Å². The lowest BCUT2D eigenvalue weighted by Crippen LogP contribution is -2.11. The zero-order valence-corrected chi connectivity index (χ0v) is 36.0. The Kier molecular flexibility index (Phi) is 8.89. The molecule has 13 rings (SSSR count). The molecule has 0 aliphatic heterocycles. The fourth-order valence-corrected chi connectivity index (χ4v) is 10.2. The molecule has 0 saturated carbocycles. The Hall–Kier alpha value is -8.72. The van der Waals surface area contributed by atoms with E-state index in [1.807, 2.05) is 0 Å². The summed E-state index contributed by atoms with van der Waals surface area (Å²) in [4.78, 5) is 2.39. The molecule has 0 saturated heterocycles. The van der Waals surface area contributed by atoms with Crippen molar-refractivity contribution in [2.75, 3.05) is 4.90 Å². The first kappa shape index (κ1) is 37.8. The molecule has 12 aromatic carbocycles. The zero-order valence-electron chi connectivity index (χ0n) is 36.0. The highest BCUT2D eigenvalue weighted by atomic mass is 16.3. The second kappa shape index (κ2) is 15.5. The summed E-state index contributed by atoms with van der Waals surface area (Å²) in [5.41, 5.74) is 14.1. The SMILES string of the molecule is c1ccc(-c2cc3ccccc3c3c2oc2c(N(c4ccc(-c5ccc6cc(-c7ccc8ccccc8c7)ccc6c5)cc4)c4ccccc4-c4cccc5ccccc45)cccc23)cc1. The molecule has 0 unspecified atom stereocenters.